The van der Waals surface area contributed by atoms with Crippen LogP contribution in [0.1, 0.15) is 13.3 Å². The lowest BCUT2D eigenvalue weighted by molar-refractivity contribution is 0.419. The molecule has 0 aliphatic heterocycles. The molecule has 1 aromatic carbocycles. The predicted octanol–water partition coefficient (Wildman–Crippen LogP) is 4.08. The average molecular weight is 333 g/mol. The van der Waals surface area contributed by atoms with Crippen LogP contribution in [0.5, 0.6) is 0 Å². The number of benzene rings is 1. The van der Waals surface area contributed by atoms with Gasteiger partial charge in [-0.15, -0.1) is 28.3 Å². The summed E-state index contributed by atoms with van der Waals surface area (Å²) in [4.78, 5) is 4.32. The number of hydrogen-bond acceptors (Lipinski definition) is 3. The van der Waals surface area contributed by atoms with Crippen molar-refractivity contribution in [2.75, 3.05) is 0 Å². The van der Waals surface area contributed by atoms with Crippen molar-refractivity contribution in [1.82, 2.24) is 20.0 Å². The highest BCUT2D eigenvalue weighted by Crippen LogP contribution is 2.64. The van der Waals surface area contributed by atoms with Crippen LogP contribution in [0.2, 0.25) is 0 Å². The summed E-state index contributed by atoms with van der Waals surface area (Å²) < 4.78 is 1.17. The van der Waals surface area contributed by atoms with Crippen LogP contribution >= 0.6 is 23.2 Å². The van der Waals surface area contributed by atoms with Crippen molar-refractivity contribution in [1.29, 1.82) is 0 Å². The smallest absolute Gasteiger partial charge is 0.126 e. The van der Waals surface area contributed by atoms with Crippen LogP contribution in [0.15, 0.2) is 42.7 Å². The van der Waals surface area contributed by atoms with Gasteiger partial charge in [0.05, 0.1) is 18.3 Å². The Bertz CT molecular complexity index is 858. The molecule has 0 radical (unpaired) electrons. The van der Waals surface area contributed by atoms with E-state index in [1.165, 1.54) is 0 Å². The van der Waals surface area contributed by atoms with Crippen LogP contribution < -0.4 is 0 Å². The van der Waals surface area contributed by atoms with Crippen molar-refractivity contribution in [3.05, 3.63) is 42.7 Å². The highest BCUT2D eigenvalue weighted by Gasteiger charge is 2.63. The van der Waals surface area contributed by atoms with Crippen molar-refractivity contribution < 1.29 is 0 Å². The zero-order valence-electron chi connectivity index (χ0n) is 12.0. The third-order valence-electron chi connectivity index (χ3n) is 4.32. The third-order valence-corrected chi connectivity index (χ3v) is 5.50. The van der Waals surface area contributed by atoms with Gasteiger partial charge in [0.25, 0.3) is 0 Å². The van der Waals surface area contributed by atoms with E-state index in [4.69, 9.17) is 23.2 Å². The first-order valence-corrected chi connectivity index (χ1v) is 7.86. The molecule has 112 valence electrons. The molecular weight excluding hydrogens is 319 g/mol. The number of rotatable bonds is 3. The van der Waals surface area contributed by atoms with Crippen LogP contribution in [0.4, 0.5) is 0 Å². The zero-order valence-corrected chi connectivity index (χ0v) is 13.5. The molecule has 1 aliphatic rings. The number of pyridine rings is 1. The summed E-state index contributed by atoms with van der Waals surface area (Å²) in [5, 5.41) is 9.54. The number of hydrogen-bond donors (Lipinski definition) is 0. The molecule has 1 fully saturated rings. The highest BCUT2D eigenvalue weighted by molar-refractivity contribution is 6.51. The first kappa shape index (κ1) is 14.0. The van der Waals surface area contributed by atoms with E-state index in [9.17, 15) is 0 Å². The molecule has 3 aromatic rings. The fourth-order valence-corrected chi connectivity index (χ4v) is 3.43. The molecule has 0 spiro atoms. The van der Waals surface area contributed by atoms with Crippen molar-refractivity contribution >= 4 is 34.1 Å². The van der Waals surface area contributed by atoms with E-state index >= 15 is 0 Å². The van der Waals surface area contributed by atoms with Gasteiger partial charge in [-0.1, -0.05) is 24.3 Å². The molecule has 0 bridgehead atoms. The lowest BCUT2D eigenvalue weighted by Crippen LogP contribution is -2.14. The molecule has 0 amide bonds. The Labute approximate surface area is 138 Å². The van der Waals surface area contributed by atoms with Gasteiger partial charge in [-0.25, -0.2) is 0 Å². The second-order valence-electron chi connectivity index (χ2n) is 6.15. The second kappa shape index (κ2) is 4.67. The maximum absolute atomic E-state index is 6.18. The van der Waals surface area contributed by atoms with Crippen LogP contribution in [0.3, 0.4) is 0 Å². The molecule has 6 heteroatoms. The van der Waals surface area contributed by atoms with Crippen LogP contribution in [-0.4, -0.2) is 24.3 Å². The highest BCUT2D eigenvalue weighted by atomic mass is 35.5. The molecule has 4 nitrogen and oxygen atoms in total. The Kier molecular flexibility index (Phi) is 2.97. The minimum atomic E-state index is -0.645. The maximum atomic E-state index is 6.18. The number of alkyl halides is 2. The Morgan fingerprint density at radius 3 is 2.86 bits per heavy atom. The van der Waals surface area contributed by atoms with Gasteiger partial charge in [0, 0.05) is 22.6 Å². The third kappa shape index (κ3) is 2.27. The summed E-state index contributed by atoms with van der Waals surface area (Å²) in [6, 6.07) is 10.0. The van der Waals surface area contributed by atoms with E-state index in [1.54, 1.807) is 6.20 Å². The standard InChI is InChI=1S/C16H14Cl2N4/c1-15(9-16(15,17)18)10-22-8-14(20-21-22)12-4-5-13-11(7-12)3-2-6-19-13/h2-8H,9-10H2,1H3. The van der Waals surface area contributed by atoms with Crippen LogP contribution in [0, 0.1) is 5.41 Å². The number of fused-ring (bicyclic) bond motifs is 1. The van der Waals surface area contributed by atoms with Gasteiger partial charge in [-0.2, -0.15) is 0 Å². The van der Waals surface area contributed by atoms with E-state index in [1.807, 2.05) is 35.1 Å². The minimum absolute atomic E-state index is 0.131. The van der Waals surface area contributed by atoms with E-state index in [0.717, 1.165) is 28.6 Å². The van der Waals surface area contributed by atoms with Crippen molar-refractivity contribution in [2.24, 2.45) is 5.41 Å². The van der Waals surface area contributed by atoms with Gasteiger partial charge in [-0.05, 0) is 24.6 Å². The Hall–Kier alpha value is -1.65. The molecule has 2 aromatic heterocycles. The van der Waals surface area contributed by atoms with Crippen molar-refractivity contribution in [2.45, 2.75) is 24.2 Å². The van der Waals surface area contributed by atoms with Crippen LogP contribution in [0.25, 0.3) is 22.2 Å². The molecule has 0 saturated heterocycles. The normalized spacial score (nSPS) is 22.9. The average Bonchev–Trinajstić information content (AvgIpc) is 2.84. The molecule has 0 N–H and O–H groups in total. The van der Waals surface area contributed by atoms with Gasteiger partial charge in [0.15, 0.2) is 0 Å². The Morgan fingerprint density at radius 1 is 1.27 bits per heavy atom. The molecule has 1 saturated carbocycles. The van der Waals surface area contributed by atoms with E-state index in [0.29, 0.717) is 6.54 Å². The molecule has 2 heterocycles. The topological polar surface area (TPSA) is 43.6 Å². The van der Waals surface area contributed by atoms with E-state index in [2.05, 4.69) is 28.3 Å². The van der Waals surface area contributed by atoms with Gasteiger partial charge in [0.2, 0.25) is 0 Å². The summed E-state index contributed by atoms with van der Waals surface area (Å²) in [6.45, 7) is 2.73. The molecule has 1 unspecified atom stereocenters. The first-order valence-electron chi connectivity index (χ1n) is 7.10. The zero-order chi connectivity index (χ0) is 15.4. The monoisotopic (exact) mass is 332 g/mol. The fourth-order valence-electron chi connectivity index (χ4n) is 2.72. The van der Waals surface area contributed by atoms with Gasteiger partial charge in [-0.3, -0.25) is 9.67 Å². The number of nitrogens with zero attached hydrogens (tertiary/aromatic N) is 4. The fraction of sp³-hybridized carbons (Fsp3) is 0.312. The SMILES string of the molecule is CC1(Cn2cc(-c3ccc4ncccc4c3)nn2)CC1(Cl)Cl. The maximum Gasteiger partial charge on any atom is 0.126 e. The van der Waals surface area contributed by atoms with Crippen molar-refractivity contribution in [3.63, 3.8) is 0 Å². The summed E-state index contributed by atoms with van der Waals surface area (Å²) in [5.41, 5.74) is 2.70. The summed E-state index contributed by atoms with van der Waals surface area (Å²) >= 11 is 12.4. The summed E-state index contributed by atoms with van der Waals surface area (Å²) in [6.07, 6.45) is 4.50. The first-order chi connectivity index (χ1) is 10.5. The van der Waals surface area contributed by atoms with E-state index in [-0.39, 0.29) is 5.41 Å². The summed E-state index contributed by atoms with van der Waals surface area (Å²) in [7, 11) is 0. The minimum Gasteiger partial charge on any atom is -0.256 e. The quantitative estimate of drug-likeness (QED) is 0.679. The largest absolute Gasteiger partial charge is 0.256 e. The molecule has 1 aliphatic carbocycles. The molecule has 22 heavy (non-hydrogen) atoms. The number of halogens is 2. The van der Waals surface area contributed by atoms with Crippen LogP contribution in [-0.2, 0) is 6.54 Å². The van der Waals surface area contributed by atoms with Gasteiger partial charge >= 0.3 is 0 Å². The van der Waals surface area contributed by atoms with E-state index < -0.39 is 4.33 Å². The summed E-state index contributed by atoms with van der Waals surface area (Å²) in [5.74, 6) is 0. The lowest BCUT2D eigenvalue weighted by Gasteiger charge is -2.10. The molecule has 1 atom stereocenters. The number of aromatic nitrogens is 4. The van der Waals surface area contributed by atoms with Gasteiger partial charge < -0.3 is 0 Å². The molecule has 4 rings (SSSR count). The second-order valence-corrected chi connectivity index (χ2v) is 7.64. The predicted molar refractivity (Wildman–Crippen MR) is 87.9 cm³/mol. The van der Waals surface area contributed by atoms with Crippen molar-refractivity contribution in [3.8, 4) is 11.3 Å². The van der Waals surface area contributed by atoms with Gasteiger partial charge in [0.1, 0.15) is 10.0 Å². The molecular formula is C16H14Cl2N4. The lowest BCUT2D eigenvalue weighted by atomic mass is 10.1. The Morgan fingerprint density at radius 2 is 2.09 bits per heavy atom. The Balaban J connectivity index is 1.63.